The predicted octanol–water partition coefficient (Wildman–Crippen LogP) is 0.324. The van der Waals surface area contributed by atoms with Gasteiger partial charge in [0.25, 0.3) is 5.91 Å². The molecule has 7 nitrogen and oxygen atoms in total. The third kappa shape index (κ3) is 3.52. The van der Waals surface area contributed by atoms with Crippen molar-refractivity contribution in [3.05, 3.63) is 35.5 Å². The second-order valence-corrected chi connectivity index (χ2v) is 6.79. The molecule has 0 saturated carbocycles. The molecule has 2 aromatic rings. The lowest BCUT2D eigenvalue weighted by Gasteiger charge is -2.04. The highest BCUT2D eigenvalue weighted by Crippen LogP contribution is 2.16. The summed E-state index contributed by atoms with van der Waals surface area (Å²) in [6, 6.07) is 3.22. The van der Waals surface area contributed by atoms with E-state index in [0.717, 1.165) is 11.3 Å². The zero-order valence-corrected chi connectivity index (χ0v) is 11.9. The molecule has 106 valence electrons. The van der Waals surface area contributed by atoms with E-state index in [1.165, 1.54) is 11.6 Å². The van der Waals surface area contributed by atoms with Crippen molar-refractivity contribution in [1.29, 1.82) is 0 Å². The van der Waals surface area contributed by atoms with E-state index < -0.39 is 9.84 Å². The van der Waals surface area contributed by atoms with Crippen molar-refractivity contribution in [2.45, 2.75) is 5.03 Å². The Balaban J connectivity index is 1.92. The van der Waals surface area contributed by atoms with Gasteiger partial charge in [-0.2, -0.15) is 0 Å². The van der Waals surface area contributed by atoms with Crippen molar-refractivity contribution in [2.24, 2.45) is 0 Å². The number of aromatic nitrogens is 2. The van der Waals surface area contributed by atoms with E-state index in [2.05, 4.69) is 15.3 Å². The second kappa shape index (κ2) is 5.97. The summed E-state index contributed by atoms with van der Waals surface area (Å²) < 4.78 is 23.8. The molecule has 0 fully saturated rings. The number of anilines is 1. The zero-order chi connectivity index (χ0) is 14.6. The Labute approximate surface area is 119 Å². The highest BCUT2D eigenvalue weighted by molar-refractivity contribution is 7.91. The van der Waals surface area contributed by atoms with Gasteiger partial charge in [-0.25, -0.2) is 13.4 Å². The van der Waals surface area contributed by atoms with Crippen LogP contribution in [0.15, 0.2) is 34.9 Å². The number of carbonyl (C=O) groups is 1. The molecule has 0 spiro atoms. The highest BCUT2D eigenvalue weighted by atomic mass is 32.2. The van der Waals surface area contributed by atoms with Crippen molar-refractivity contribution >= 4 is 32.2 Å². The van der Waals surface area contributed by atoms with E-state index in [4.69, 9.17) is 5.73 Å². The van der Waals surface area contributed by atoms with E-state index >= 15 is 0 Å². The molecule has 1 amide bonds. The number of nitrogen functional groups attached to an aromatic ring is 1. The number of carbonyl (C=O) groups excluding carboxylic acids is 1. The Bertz CT molecular complexity index is 697. The maximum absolute atomic E-state index is 11.9. The number of nitrogens with zero attached hydrogens (tertiary/aromatic N) is 2. The van der Waals surface area contributed by atoms with Crippen molar-refractivity contribution in [3.63, 3.8) is 0 Å². The van der Waals surface area contributed by atoms with Crippen LogP contribution >= 0.6 is 11.3 Å². The van der Waals surface area contributed by atoms with E-state index in [0.29, 0.717) is 5.56 Å². The smallest absolute Gasteiger partial charge is 0.252 e. The van der Waals surface area contributed by atoms with Crippen molar-refractivity contribution < 1.29 is 13.2 Å². The molecule has 0 aromatic carbocycles. The molecule has 2 rings (SSSR count). The fourth-order valence-electron chi connectivity index (χ4n) is 1.42. The van der Waals surface area contributed by atoms with Gasteiger partial charge in [0, 0.05) is 24.3 Å². The van der Waals surface area contributed by atoms with Crippen LogP contribution in [0.1, 0.15) is 10.4 Å². The summed E-state index contributed by atoms with van der Waals surface area (Å²) in [7, 11) is -3.53. The minimum Gasteiger partial charge on any atom is -0.375 e. The predicted molar refractivity (Wildman–Crippen MR) is 75.1 cm³/mol. The lowest BCUT2D eigenvalue weighted by Crippen LogP contribution is -2.29. The molecule has 0 aliphatic heterocycles. The van der Waals surface area contributed by atoms with E-state index in [1.807, 2.05) is 0 Å². The first-order chi connectivity index (χ1) is 9.49. The van der Waals surface area contributed by atoms with Crippen molar-refractivity contribution in [1.82, 2.24) is 15.3 Å². The molecule has 20 heavy (non-hydrogen) atoms. The summed E-state index contributed by atoms with van der Waals surface area (Å²) >= 11 is 1.06. The first kappa shape index (κ1) is 14.4. The van der Waals surface area contributed by atoms with E-state index in [9.17, 15) is 13.2 Å². The van der Waals surface area contributed by atoms with Crippen LogP contribution in [0.4, 0.5) is 5.13 Å². The molecule has 0 atom stereocenters. The number of nitrogens with one attached hydrogen (secondary N) is 1. The Morgan fingerprint density at radius 1 is 1.45 bits per heavy atom. The Morgan fingerprint density at radius 3 is 2.85 bits per heavy atom. The minimum absolute atomic E-state index is 0.00646. The van der Waals surface area contributed by atoms with Gasteiger partial charge in [-0.3, -0.25) is 9.78 Å². The number of sulfone groups is 1. The molecule has 0 unspecified atom stereocenters. The lowest BCUT2D eigenvalue weighted by molar-refractivity contribution is 0.0956. The molecule has 0 radical (unpaired) electrons. The van der Waals surface area contributed by atoms with Crippen LogP contribution in [0, 0.1) is 0 Å². The first-order valence-electron chi connectivity index (χ1n) is 5.61. The van der Waals surface area contributed by atoms with Gasteiger partial charge in [0.1, 0.15) is 0 Å². The average Bonchev–Trinajstić information content (AvgIpc) is 2.87. The molecular weight excluding hydrogens is 300 g/mol. The van der Waals surface area contributed by atoms with E-state index in [-0.39, 0.29) is 28.4 Å². The topological polar surface area (TPSA) is 115 Å². The van der Waals surface area contributed by atoms with Crippen LogP contribution in [-0.4, -0.2) is 36.6 Å². The Kier molecular flexibility index (Phi) is 4.30. The molecule has 0 bridgehead atoms. The van der Waals surface area contributed by atoms with Gasteiger partial charge in [-0.1, -0.05) is 0 Å². The normalized spacial score (nSPS) is 11.2. The number of hydrogen-bond donors (Lipinski definition) is 2. The third-order valence-corrected chi connectivity index (χ3v) is 4.81. The summed E-state index contributed by atoms with van der Waals surface area (Å²) in [6.45, 7) is -0.00646. The van der Waals surface area contributed by atoms with Gasteiger partial charge >= 0.3 is 0 Å². The molecule has 0 aliphatic carbocycles. The van der Waals surface area contributed by atoms with Crippen molar-refractivity contribution in [3.8, 4) is 0 Å². The molecule has 2 aromatic heterocycles. The van der Waals surface area contributed by atoms with Crippen LogP contribution in [-0.2, 0) is 9.84 Å². The number of thiazole rings is 1. The van der Waals surface area contributed by atoms with Crippen LogP contribution < -0.4 is 11.1 Å². The Hall–Kier alpha value is -2.00. The molecule has 0 aliphatic rings. The zero-order valence-electron chi connectivity index (χ0n) is 10.3. The molecular formula is C11H12N4O3S2. The summed E-state index contributed by atoms with van der Waals surface area (Å²) in [5.74, 6) is -0.603. The fourth-order valence-corrected chi connectivity index (χ4v) is 3.45. The minimum atomic E-state index is -3.53. The van der Waals surface area contributed by atoms with Crippen LogP contribution in [0.25, 0.3) is 0 Å². The van der Waals surface area contributed by atoms with Crippen LogP contribution in [0.5, 0.6) is 0 Å². The van der Waals surface area contributed by atoms with Gasteiger partial charge in [-0.05, 0) is 12.1 Å². The standard InChI is InChI=1S/C11H12N4O3S2/c12-11-15-9(7-19-11)20(17,18)5-4-14-10(16)8-2-1-3-13-6-8/h1-3,6-7H,4-5H2,(H2,12,15)(H,14,16). The molecule has 0 saturated heterocycles. The maximum Gasteiger partial charge on any atom is 0.252 e. The van der Waals surface area contributed by atoms with E-state index in [1.54, 1.807) is 18.3 Å². The molecule has 2 heterocycles. The summed E-state index contributed by atoms with van der Waals surface area (Å²) in [5, 5.41) is 4.04. The number of pyridine rings is 1. The lowest BCUT2D eigenvalue weighted by atomic mass is 10.3. The number of amides is 1. The number of hydrogen-bond acceptors (Lipinski definition) is 7. The maximum atomic E-state index is 11.9. The monoisotopic (exact) mass is 312 g/mol. The largest absolute Gasteiger partial charge is 0.375 e. The first-order valence-corrected chi connectivity index (χ1v) is 8.14. The number of rotatable bonds is 5. The van der Waals surface area contributed by atoms with Gasteiger partial charge in [0.2, 0.25) is 0 Å². The van der Waals surface area contributed by atoms with Crippen molar-refractivity contribution in [2.75, 3.05) is 18.0 Å². The SMILES string of the molecule is Nc1nc(S(=O)(=O)CCNC(=O)c2cccnc2)cs1. The quantitative estimate of drug-likeness (QED) is 0.822. The summed E-state index contributed by atoms with van der Waals surface area (Å²) in [4.78, 5) is 19.2. The number of nitrogens with two attached hydrogens (primary N) is 1. The molecule has 3 N–H and O–H groups in total. The third-order valence-electron chi connectivity index (χ3n) is 2.40. The van der Waals surface area contributed by atoms with Gasteiger partial charge < -0.3 is 11.1 Å². The molecule has 9 heteroatoms. The van der Waals surface area contributed by atoms with Gasteiger partial charge in [-0.15, -0.1) is 11.3 Å². The van der Waals surface area contributed by atoms with Crippen LogP contribution in [0.3, 0.4) is 0 Å². The van der Waals surface area contributed by atoms with Crippen LogP contribution in [0.2, 0.25) is 0 Å². The summed E-state index contributed by atoms with van der Waals surface area (Å²) in [5.41, 5.74) is 5.77. The average molecular weight is 312 g/mol. The van der Waals surface area contributed by atoms with Gasteiger partial charge in [0.15, 0.2) is 20.0 Å². The fraction of sp³-hybridized carbons (Fsp3) is 0.182. The highest BCUT2D eigenvalue weighted by Gasteiger charge is 2.18. The van der Waals surface area contributed by atoms with Gasteiger partial charge in [0.05, 0.1) is 11.3 Å². The Morgan fingerprint density at radius 2 is 2.25 bits per heavy atom. The second-order valence-electron chi connectivity index (χ2n) is 3.84. The summed E-state index contributed by atoms with van der Waals surface area (Å²) in [6.07, 6.45) is 2.96.